The molecule has 22 nitrogen and oxygen atoms in total. The van der Waals surface area contributed by atoms with Crippen molar-refractivity contribution >= 4 is 53.3 Å². The third kappa shape index (κ3) is 19.5. The summed E-state index contributed by atoms with van der Waals surface area (Å²) in [6.45, 7) is 8.06. The minimum atomic E-state index is -1.56. The normalized spacial score (nSPS) is 16.8. The van der Waals surface area contributed by atoms with Crippen molar-refractivity contribution in [3.05, 3.63) is 0 Å². The molecule has 0 aromatic carbocycles. The van der Waals surface area contributed by atoms with Crippen LogP contribution in [0.2, 0.25) is 0 Å². The van der Waals surface area contributed by atoms with E-state index in [1.807, 2.05) is 13.8 Å². The second-order valence-electron chi connectivity index (χ2n) is 15.6. The molecule has 1 heterocycles. The van der Waals surface area contributed by atoms with Gasteiger partial charge in [0.15, 0.2) is 5.96 Å². The number of aliphatic hydroxyl groups is 1. The Morgan fingerprint density at radius 3 is 1.90 bits per heavy atom. The molecular weight excluding hydrogens is 772 g/mol. The van der Waals surface area contributed by atoms with Gasteiger partial charge < -0.3 is 69.9 Å². The Bertz CT molecular complexity index is 1460. The van der Waals surface area contributed by atoms with Gasteiger partial charge in [0.05, 0.1) is 19.2 Å². The predicted molar refractivity (Wildman–Crippen MR) is 217 cm³/mol. The smallest absolute Gasteiger partial charge is 0.326 e. The Kier molecular flexibility index (Phi) is 23.6. The predicted octanol–water partition coefficient (Wildman–Crippen LogP) is -3.78. The highest BCUT2D eigenvalue weighted by molar-refractivity contribution is 5.97. The SMILES string of the molecule is CC(C)C[C@H](NC(=O)CNC(=O)[C@H](CC(C)C)NC(=O)[C@@H]1CCCN1C(=O)[C@@H](N)CCCCN)C(=O)N[C@@H](CO)C(=O)N[C@@H](C)C(=O)N[C@@H](CCCN=C(N)N)C(=O)O. The number of nitrogens with zero attached hydrogens (tertiary/aromatic N) is 2. The number of carbonyl (C=O) groups excluding carboxylic acids is 7. The van der Waals surface area contributed by atoms with Crippen LogP contribution in [0.4, 0.5) is 0 Å². The number of guanidine groups is 1. The summed E-state index contributed by atoms with van der Waals surface area (Å²) < 4.78 is 0. The number of hydrogen-bond donors (Lipinski definition) is 12. The number of carbonyl (C=O) groups is 8. The Morgan fingerprint density at radius 2 is 1.34 bits per heavy atom. The average molecular weight is 841 g/mol. The van der Waals surface area contributed by atoms with E-state index in [-0.39, 0.29) is 55.9 Å². The molecule has 16 N–H and O–H groups in total. The lowest BCUT2D eigenvalue weighted by Gasteiger charge is -2.28. The van der Waals surface area contributed by atoms with Crippen LogP contribution in [0.15, 0.2) is 4.99 Å². The number of aliphatic carboxylic acids is 1. The number of carboxylic acids is 1. The van der Waals surface area contributed by atoms with Crippen LogP contribution in [0, 0.1) is 11.8 Å². The summed E-state index contributed by atoms with van der Waals surface area (Å²) in [5.41, 5.74) is 22.2. The second kappa shape index (κ2) is 26.8. The van der Waals surface area contributed by atoms with E-state index in [4.69, 9.17) is 22.9 Å². The van der Waals surface area contributed by atoms with Crippen LogP contribution in [0.25, 0.3) is 0 Å². The molecule has 1 aliphatic heterocycles. The minimum Gasteiger partial charge on any atom is -0.480 e. The van der Waals surface area contributed by atoms with Crippen LogP contribution < -0.4 is 54.8 Å². The van der Waals surface area contributed by atoms with Gasteiger partial charge in [-0.1, -0.05) is 34.1 Å². The molecule has 0 aromatic rings. The van der Waals surface area contributed by atoms with E-state index in [9.17, 15) is 48.6 Å². The zero-order valence-electron chi connectivity index (χ0n) is 35.0. The third-order valence-electron chi connectivity index (χ3n) is 9.37. The average Bonchev–Trinajstić information content (AvgIpc) is 3.66. The van der Waals surface area contributed by atoms with Crippen LogP contribution in [-0.2, 0) is 38.4 Å². The molecule has 0 saturated carbocycles. The Morgan fingerprint density at radius 1 is 0.746 bits per heavy atom. The largest absolute Gasteiger partial charge is 0.480 e. The number of amides is 7. The fourth-order valence-electron chi connectivity index (χ4n) is 6.26. The van der Waals surface area contributed by atoms with Crippen LogP contribution in [0.5, 0.6) is 0 Å². The molecule has 0 aromatic heterocycles. The van der Waals surface area contributed by atoms with Crippen molar-refractivity contribution in [1.29, 1.82) is 0 Å². The van der Waals surface area contributed by atoms with Gasteiger partial charge in [-0.2, -0.15) is 0 Å². The number of aliphatic hydroxyl groups excluding tert-OH is 1. The summed E-state index contributed by atoms with van der Waals surface area (Å²) in [4.78, 5) is 109. The lowest BCUT2D eigenvalue weighted by Crippen LogP contribution is -2.59. The number of hydrogen-bond acceptors (Lipinski definition) is 12. The van der Waals surface area contributed by atoms with E-state index in [1.54, 1.807) is 13.8 Å². The van der Waals surface area contributed by atoms with Gasteiger partial charge in [0, 0.05) is 13.1 Å². The first-order valence-electron chi connectivity index (χ1n) is 20.2. The summed E-state index contributed by atoms with van der Waals surface area (Å²) in [5, 5.41) is 34.2. The molecule has 1 fully saturated rings. The number of likely N-dealkylation sites (tertiary alicyclic amines) is 1. The topological polar surface area (TPSA) is 369 Å². The molecule has 59 heavy (non-hydrogen) atoms. The van der Waals surface area contributed by atoms with Crippen LogP contribution in [0.1, 0.15) is 92.4 Å². The molecule has 0 aliphatic carbocycles. The van der Waals surface area contributed by atoms with Gasteiger partial charge in [-0.3, -0.25) is 38.6 Å². The van der Waals surface area contributed by atoms with Crippen LogP contribution in [-0.4, -0.2) is 143 Å². The number of unbranched alkanes of at least 4 members (excludes halogenated alkanes) is 1. The maximum absolute atomic E-state index is 13.4. The molecule has 1 saturated heterocycles. The van der Waals surface area contributed by atoms with Crippen molar-refractivity contribution < 1.29 is 48.6 Å². The van der Waals surface area contributed by atoms with E-state index in [2.05, 4.69) is 36.9 Å². The number of rotatable bonds is 27. The van der Waals surface area contributed by atoms with Crippen molar-refractivity contribution in [2.45, 2.75) is 135 Å². The van der Waals surface area contributed by atoms with Crippen molar-refractivity contribution in [3.8, 4) is 0 Å². The van der Waals surface area contributed by atoms with Gasteiger partial charge in [-0.25, -0.2) is 4.79 Å². The van der Waals surface area contributed by atoms with E-state index in [0.29, 0.717) is 38.8 Å². The Labute approximate surface area is 345 Å². The molecule has 0 spiro atoms. The Hall–Kier alpha value is -5.09. The standard InChI is InChI=1S/C37H68N12O10/c1-20(2)16-25(47-34(56)28-12-9-15-49(28)35(57)23(39)10-6-7-13-38)31(53)43-18-29(51)45-26(17-21(3)4)32(54)48-27(19-50)33(55)44-22(5)30(52)46-24(36(58)59)11-8-14-42-37(40)41/h20-28,50H,6-19,38-39H2,1-5H3,(H,43,53)(H,44,55)(H,45,51)(H,46,52)(H,47,56)(H,48,54)(H,58,59)(H4,40,41,42)/t22-,23-,24-,25-,26-,27-,28-/m0/s1. The monoisotopic (exact) mass is 841 g/mol. The highest BCUT2D eigenvalue weighted by Crippen LogP contribution is 2.20. The lowest BCUT2D eigenvalue weighted by molar-refractivity contribution is -0.142. The van der Waals surface area contributed by atoms with Gasteiger partial charge in [-0.15, -0.1) is 0 Å². The van der Waals surface area contributed by atoms with E-state index >= 15 is 0 Å². The second-order valence-corrected chi connectivity index (χ2v) is 15.6. The molecule has 7 atom stereocenters. The molecule has 1 rings (SSSR count). The van der Waals surface area contributed by atoms with Gasteiger partial charge in [0.1, 0.15) is 36.3 Å². The van der Waals surface area contributed by atoms with Gasteiger partial charge in [0.2, 0.25) is 41.4 Å². The highest BCUT2D eigenvalue weighted by atomic mass is 16.4. The summed E-state index contributed by atoms with van der Waals surface area (Å²) in [6.07, 6.45) is 3.37. The summed E-state index contributed by atoms with van der Waals surface area (Å²) in [7, 11) is 0. The van der Waals surface area contributed by atoms with E-state index in [0.717, 1.165) is 6.42 Å². The number of nitrogens with two attached hydrogens (primary N) is 4. The summed E-state index contributed by atoms with van der Waals surface area (Å²) >= 11 is 0. The minimum absolute atomic E-state index is 0.00918. The third-order valence-corrected chi connectivity index (χ3v) is 9.37. The fourth-order valence-corrected chi connectivity index (χ4v) is 6.26. The fraction of sp³-hybridized carbons (Fsp3) is 0.757. The zero-order valence-corrected chi connectivity index (χ0v) is 35.0. The summed E-state index contributed by atoms with van der Waals surface area (Å²) in [6, 6.07) is -7.98. The molecule has 22 heteroatoms. The molecule has 336 valence electrons. The maximum Gasteiger partial charge on any atom is 0.326 e. The first-order valence-corrected chi connectivity index (χ1v) is 20.2. The van der Waals surface area contributed by atoms with Crippen molar-refractivity contribution in [3.63, 3.8) is 0 Å². The molecule has 1 aliphatic rings. The number of carboxylic acid groups (broad SMARTS) is 1. The van der Waals surface area contributed by atoms with E-state index < -0.39 is 96.9 Å². The van der Waals surface area contributed by atoms with Crippen molar-refractivity contribution in [2.24, 2.45) is 39.8 Å². The zero-order chi connectivity index (χ0) is 44.8. The quantitative estimate of drug-likeness (QED) is 0.0215. The van der Waals surface area contributed by atoms with Gasteiger partial charge >= 0.3 is 5.97 Å². The molecule has 0 bridgehead atoms. The number of nitrogens with one attached hydrogen (secondary N) is 6. The molecule has 0 radical (unpaired) electrons. The van der Waals surface area contributed by atoms with Crippen molar-refractivity contribution in [1.82, 2.24) is 36.8 Å². The van der Waals surface area contributed by atoms with Crippen LogP contribution in [0.3, 0.4) is 0 Å². The first kappa shape index (κ1) is 51.9. The first-order chi connectivity index (χ1) is 27.7. The van der Waals surface area contributed by atoms with Gasteiger partial charge in [0.25, 0.3) is 0 Å². The van der Waals surface area contributed by atoms with E-state index in [1.165, 1.54) is 11.8 Å². The van der Waals surface area contributed by atoms with Gasteiger partial charge in [-0.05, 0) is 76.7 Å². The van der Waals surface area contributed by atoms with Crippen molar-refractivity contribution in [2.75, 3.05) is 32.8 Å². The molecule has 7 amide bonds. The number of aliphatic imine (C=N–C) groups is 1. The van der Waals surface area contributed by atoms with Crippen LogP contribution >= 0.6 is 0 Å². The Balaban J connectivity index is 2.88. The highest BCUT2D eigenvalue weighted by Gasteiger charge is 2.38. The molecular formula is C37H68N12O10. The maximum atomic E-state index is 13.4. The molecule has 0 unspecified atom stereocenters. The summed E-state index contributed by atoms with van der Waals surface area (Å²) in [5.74, 6) is -6.58. The lowest BCUT2D eigenvalue weighted by atomic mass is 10.0.